The van der Waals surface area contributed by atoms with Crippen LogP contribution in [0.4, 0.5) is 4.79 Å². The summed E-state index contributed by atoms with van der Waals surface area (Å²) in [5, 5.41) is 6.10. The van der Waals surface area contributed by atoms with Crippen LogP contribution >= 0.6 is 11.3 Å². The highest BCUT2D eigenvalue weighted by atomic mass is 32.1. The molecule has 1 unspecified atom stereocenters. The number of alkyl carbamates (subject to hydrolysis) is 1. The Bertz CT molecular complexity index is 408. The van der Waals surface area contributed by atoms with Crippen molar-refractivity contribution in [1.29, 1.82) is 0 Å². The van der Waals surface area contributed by atoms with E-state index in [9.17, 15) is 9.59 Å². The van der Waals surface area contributed by atoms with Crippen LogP contribution in [-0.2, 0) is 14.3 Å². The number of esters is 1. The van der Waals surface area contributed by atoms with Crippen LogP contribution in [0.3, 0.4) is 0 Å². The van der Waals surface area contributed by atoms with Gasteiger partial charge in [-0.15, -0.1) is 0 Å². The maximum Gasteiger partial charge on any atom is 0.408 e. The van der Waals surface area contributed by atoms with Crippen LogP contribution in [0.5, 0.6) is 0 Å². The molecular weight excluding hydrogens is 254 g/mol. The smallest absolute Gasteiger partial charge is 0.408 e. The molecule has 100 valence electrons. The van der Waals surface area contributed by atoms with Crippen LogP contribution in [0.2, 0.25) is 0 Å². The van der Waals surface area contributed by atoms with Crippen LogP contribution in [0, 0.1) is 0 Å². The number of methoxy groups -OCH3 is 1. The van der Waals surface area contributed by atoms with Gasteiger partial charge in [-0.3, -0.25) is 0 Å². The molecule has 0 saturated carbocycles. The first kappa shape index (κ1) is 14.5. The van der Waals surface area contributed by atoms with Gasteiger partial charge in [-0.05, 0) is 43.2 Å². The maximum absolute atomic E-state index is 11.6. The highest BCUT2D eigenvalue weighted by Gasteiger charge is 2.26. The molecular formula is C12H17NO4S. The van der Waals surface area contributed by atoms with Crippen molar-refractivity contribution in [3.05, 3.63) is 22.4 Å². The first-order chi connectivity index (χ1) is 8.33. The Labute approximate surface area is 110 Å². The highest BCUT2D eigenvalue weighted by Crippen LogP contribution is 2.18. The Morgan fingerprint density at radius 3 is 2.50 bits per heavy atom. The molecule has 6 heteroatoms. The second-order valence-electron chi connectivity index (χ2n) is 4.66. The number of amides is 1. The van der Waals surface area contributed by atoms with E-state index >= 15 is 0 Å². The lowest BCUT2D eigenvalue weighted by molar-refractivity contribution is -0.143. The summed E-state index contributed by atoms with van der Waals surface area (Å²) in [6.07, 6.45) is -0.649. The van der Waals surface area contributed by atoms with E-state index in [1.165, 1.54) is 18.4 Å². The van der Waals surface area contributed by atoms with Gasteiger partial charge in [0.1, 0.15) is 5.60 Å². The van der Waals surface area contributed by atoms with Gasteiger partial charge < -0.3 is 14.8 Å². The molecule has 0 saturated heterocycles. The van der Waals surface area contributed by atoms with E-state index in [0.29, 0.717) is 5.56 Å². The minimum atomic E-state index is -0.837. The number of rotatable bonds is 3. The van der Waals surface area contributed by atoms with E-state index in [2.05, 4.69) is 10.1 Å². The Hall–Kier alpha value is -1.56. The number of nitrogens with one attached hydrogen (secondary N) is 1. The van der Waals surface area contributed by atoms with Crippen molar-refractivity contribution < 1.29 is 19.1 Å². The predicted octanol–water partition coefficient (Wildman–Crippen LogP) is 2.49. The fourth-order valence-corrected chi connectivity index (χ4v) is 1.95. The second kappa shape index (κ2) is 5.86. The SMILES string of the molecule is COC(=O)C(NC(=O)OC(C)(C)C)c1ccsc1. The minimum absolute atomic E-state index is 0.528. The third-order valence-electron chi connectivity index (χ3n) is 1.97. The van der Waals surface area contributed by atoms with E-state index in [4.69, 9.17) is 4.74 Å². The number of carbonyl (C=O) groups is 2. The standard InChI is InChI=1S/C12H17NO4S/c1-12(2,3)17-11(15)13-9(10(14)16-4)8-5-6-18-7-8/h5-7,9H,1-4H3,(H,13,15). The van der Waals surface area contributed by atoms with Gasteiger partial charge in [0.25, 0.3) is 0 Å². The van der Waals surface area contributed by atoms with Crippen molar-refractivity contribution in [3.63, 3.8) is 0 Å². The summed E-state index contributed by atoms with van der Waals surface area (Å²) in [6, 6.07) is 0.917. The summed E-state index contributed by atoms with van der Waals surface area (Å²) in [7, 11) is 1.28. The lowest BCUT2D eigenvalue weighted by Crippen LogP contribution is -2.38. The molecule has 1 heterocycles. The molecule has 18 heavy (non-hydrogen) atoms. The second-order valence-corrected chi connectivity index (χ2v) is 5.44. The van der Waals surface area contributed by atoms with Gasteiger partial charge in [0.05, 0.1) is 7.11 Å². The average molecular weight is 271 g/mol. The summed E-state index contributed by atoms with van der Waals surface area (Å²) in [4.78, 5) is 23.3. The zero-order valence-electron chi connectivity index (χ0n) is 10.9. The summed E-state index contributed by atoms with van der Waals surface area (Å²) in [5.41, 5.74) is 0.0667. The number of hydrogen-bond donors (Lipinski definition) is 1. The van der Waals surface area contributed by atoms with Gasteiger partial charge in [-0.1, -0.05) is 0 Å². The van der Waals surface area contributed by atoms with E-state index < -0.39 is 23.7 Å². The molecule has 1 N–H and O–H groups in total. The zero-order valence-corrected chi connectivity index (χ0v) is 11.7. The number of carbonyl (C=O) groups excluding carboxylic acids is 2. The quantitative estimate of drug-likeness (QED) is 0.858. The first-order valence-corrected chi connectivity index (χ1v) is 6.37. The third kappa shape index (κ3) is 4.37. The summed E-state index contributed by atoms with van der Waals surface area (Å²) >= 11 is 1.44. The molecule has 0 fully saturated rings. The number of thiophene rings is 1. The van der Waals surface area contributed by atoms with E-state index in [-0.39, 0.29) is 0 Å². The van der Waals surface area contributed by atoms with Gasteiger partial charge in [-0.25, -0.2) is 9.59 Å². The molecule has 1 atom stereocenters. The third-order valence-corrected chi connectivity index (χ3v) is 2.68. The molecule has 0 spiro atoms. The minimum Gasteiger partial charge on any atom is -0.467 e. The van der Waals surface area contributed by atoms with Crippen molar-refractivity contribution in [1.82, 2.24) is 5.32 Å². The molecule has 0 aliphatic heterocycles. The number of ether oxygens (including phenoxy) is 2. The molecule has 1 rings (SSSR count). The summed E-state index contributed by atoms with van der Waals surface area (Å²) in [5.74, 6) is -0.528. The highest BCUT2D eigenvalue weighted by molar-refractivity contribution is 7.08. The van der Waals surface area contributed by atoms with Gasteiger partial charge in [0.15, 0.2) is 6.04 Å². The Morgan fingerprint density at radius 2 is 2.06 bits per heavy atom. The van der Waals surface area contributed by atoms with Gasteiger partial charge in [0.2, 0.25) is 0 Å². The normalized spacial score (nSPS) is 12.7. The van der Waals surface area contributed by atoms with E-state index in [0.717, 1.165) is 0 Å². The monoisotopic (exact) mass is 271 g/mol. The predicted molar refractivity (Wildman–Crippen MR) is 68.4 cm³/mol. The summed E-state index contributed by atoms with van der Waals surface area (Å²) < 4.78 is 9.77. The lowest BCUT2D eigenvalue weighted by Gasteiger charge is -2.22. The van der Waals surface area contributed by atoms with E-state index in [1.807, 2.05) is 5.38 Å². The van der Waals surface area contributed by atoms with Crippen LogP contribution in [0.25, 0.3) is 0 Å². The molecule has 0 bridgehead atoms. The van der Waals surface area contributed by atoms with Crippen molar-refractivity contribution >= 4 is 23.4 Å². The maximum atomic E-state index is 11.6. The van der Waals surface area contributed by atoms with Crippen molar-refractivity contribution in [2.24, 2.45) is 0 Å². The van der Waals surface area contributed by atoms with Gasteiger partial charge in [0, 0.05) is 0 Å². The lowest BCUT2D eigenvalue weighted by atomic mass is 10.1. The molecule has 0 aliphatic carbocycles. The Kier molecular flexibility index (Phi) is 4.72. The Balaban J connectivity index is 2.75. The van der Waals surface area contributed by atoms with Crippen molar-refractivity contribution in [3.8, 4) is 0 Å². The molecule has 0 aliphatic rings. The zero-order chi connectivity index (χ0) is 13.8. The molecule has 0 radical (unpaired) electrons. The van der Waals surface area contributed by atoms with Crippen molar-refractivity contribution in [2.75, 3.05) is 7.11 Å². The first-order valence-electron chi connectivity index (χ1n) is 5.43. The molecule has 1 aromatic heterocycles. The largest absolute Gasteiger partial charge is 0.467 e. The number of hydrogen-bond acceptors (Lipinski definition) is 5. The molecule has 1 amide bonds. The molecule has 1 aromatic rings. The fourth-order valence-electron chi connectivity index (χ4n) is 1.26. The Morgan fingerprint density at radius 1 is 1.39 bits per heavy atom. The van der Waals surface area contributed by atoms with Crippen molar-refractivity contribution in [2.45, 2.75) is 32.4 Å². The fraction of sp³-hybridized carbons (Fsp3) is 0.500. The van der Waals surface area contributed by atoms with Gasteiger partial charge >= 0.3 is 12.1 Å². The molecule has 0 aromatic carbocycles. The van der Waals surface area contributed by atoms with Crippen LogP contribution < -0.4 is 5.32 Å². The molecule has 5 nitrogen and oxygen atoms in total. The average Bonchev–Trinajstić information content (AvgIpc) is 2.75. The topological polar surface area (TPSA) is 64.6 Å². The summed E-state index contributed by atoms with van der Waals surface area (Å²) in [6.45, 7) is 5.26. The van der Waals surface area contributed by atoms with Gasteiger partial charge in [-0.2, -0.15) is 11.3 Å². The van der Waals surface area contributed by atoms with E-state index in [1.54, 1.807) is 32.2 Å². The van der Waals surface area contributed by atoms with Crippen LogP contribution in [0.1, 0.15) is 32.4 Å². The van der Waals surface area contributed by atoms with Crippen LogP contribution in [0.15, 0.2) is 16.8 Å². The van der Waals surface area contributed by atoms with Crippen LogP contribution in [-0.4, -0.2) is 24.8 Å².